The molecule has 0 saturated heterocycles. The van der Waals surface area contributed by atoms with Crippen LogP contribution in [-0.4, -0.2) is 34.6 Å². The second-order valence-corrected chi connectivity index (χ2v) is 7.53. The minimum Gasteiger partial charge on any atom is -0.505 e. The first-order chi connectivity index (χ1) is 15.7. The van der Waals surface area contributed by atoms with Crippen LogP contribution in [-0.2, 0) is 11.2 Å². The average molecular weight is 428 g/mol. The number of pyridine rings is 2. The number of ether oxygens (including phenoxy) is 1. The summed E-state index contributed by atoms with van der Waals surface area (Å²) < 4.78 is 5.27. The summed E-state index contributed by atoms with van der Waals surface area (Å²) in [7, 11) is 1.61. The Kier molecular flexibility index (Phi) is 6.60. The van der Waals surface area contributed by atoms with Crippen LogP contribution in [0.2, 0.25) is 0 Å². The first-order valence-corrected chi connectivity index (χ1v) is 10.5. The van der Waals surface area contributed by atoms with Gasteiger partial charge in [0, 0.05) is 54.3 Å². The topological polar surface area (TPSA) is 84.3 Å². The maximum atomic E-state index is 12.8. The van der Waals surface area contributed by atoms with E-state index in [4.69, 9.17) is 4.74 Å². The number of carbonyl (C=O) groups excluding carboxylic acids is 1. The van der Waals surface area contributed by atoms with Gasteiger partial charge in [0.15, 0.2) is 0 Å². The number of hydrogen-bond donors (Lipinski definition) is 2. The molecule has 6 nitrogen and oxygen atoms in total. The highest BCUT2D eigenvalue weighted by molar-refractivity contribution is 5.86. The van der Waals surface area contributed by atoms with Crippen LogP contribution in [0, 0.1) is 0 Å². The van der Waals surface area contributed by atoms with Crippen molar-refractivity contribution < 1.29 is 14.6 Å². The first-order valence-electron chi connectivity index (χ1n) is 10.5. The third kappa shape index (κ3) is 4.86. The maximum Gasteiger partial charge on any atom is 0.220 e. The average Bonchev–Trinajstić information content (AvgIpc) is 2.84. The summed E-state index contributed by atoms with van der Waals surface area (Å²) in [6, 6.07) is 20.8. The van der Waals surface area contributed by atoms with Gasteiger partial charge in [0.2, 0.25) is 5.91 Å². The van der Waals surface area contributed by atoms with E-state index in [0.29, 0.717) is 24.0 Å². The first kappa shape index (κ1) is 21.3. The molecule has 0 aliphatic heterocycles. The number of aromatic hydroxyl groups is 1. The monoisotopic (exact) mass is 427 g/mol. The number of amides is 1. The molecular weight excluding hydrogens is 402 g/mol. The minimum atomic E-state index is -0.331. The van der Waals surface area contributed by atoms with E-state index in [9.17, 15) is 9.90 Å². The quantitative estimate of drug-likeness (QED) is 0.440. The fourth-order valence-corrected chi connectivity index (χ4v) is 3.80. The Bertz CT molecular complexity index is 1190. The van der Waals surface area contributed by atoms with Crippen LogP contribution in [0.4, 0.5) is 0 Å². The number of nitrogens with one attached hydrogen (secondary N) is 1. The number of phenolic OH excluding ortho intramolecular Hbond substituents is 1. The molecule has 2 heterocycles. The van der Waals surface area contributed by atoms with Gasteiger partial charge in [-0.2, -0.15) is 0 Å². The van der Waals surface area contributed by atoms with Crippen molar-refractivity contribution in [2.75, 3.05) is 13.7 Å². The van der Waals surface area contributed by atoms with E-state index in [0.717, 1.165) is 22.4 Å². The Balaban J connectivity index is 1.58. The van der Waals surface area contributed by atoms with E-state index in [-0.39, 0.29) is 24.0 Å². The van der Waals surface area contributed by atoms with Crippen LogP contribution in [0.25, 0.3) is 10.9 Å². The highest BCUT2D eigenvalue weighted by atomic mass is 16.5. The maximum absolute atomic E-state index is 12.8. The summed E-state index contributed by atoms with van der Waals surface area (Å²) in [6.45, 7) is 0.496. The van der Waals surface area contributed by atoms with Crippen molar-refractivity contribution in [3.05, 3.63) is 95.9 Å². The van der Waals surface area contributed by atoms with Gasteiger partial charge in [-0.25, -0.2) is 0 Å². The zero-order valence-corrected chi connectivity index (χ0v) is 17.9. The summed E-state index contributed by atoms with van der Waals surface area (Å²) in [5, 5.41) is 14.8. The van der Waals surface area contributed by atoms with Crippen molar-refractivity contribution in [3.63, 3.8) is 0 Å². The molecule has 32 heavy (non-hydrogen) atoms. The molecule has 0 radical (unpaired) electrons. The molecule has 0 aliphatic rings. The van der Waals surface area contributed by atoms with Gasteiger partial charge in [0.25, 0.3) is 0 Å². The number of phenols is 1. The van der Waals surface area contributed by atoms with Crippen molar-refractivity contribution in [2.45, 2.75) is 18.8 Å². The number of hydrogen-bond acceptors (Lipinski definition) is 5. The lowest BCUT2D eigenvalue weighted by Gasteiger charge is -2.20. The fourth-order valence-electron chi connectivity index (χ4n) is 3.80. The van der Waals surface area contributed by atoms with Crippen molar-refractivity contribution in [3.8, 4) is 11.5 Å². The largest absolute Gasteiger partial charge is 0.505 e. The van der Waals surface area contributed by atoms with E-state index < -0.39 is 0 Å². The summed E-state index contributed by atoms with van der Waals surface area (Å²) >= 11 is 0. The van der Waals surface area contributed by atoms with Gasteiger partial charge >= 0.3 is 0 Å². The van der Waals surface area contributed by atoms with E-state index in [1.807, 2.05) is 66.7 Å². The number of aromatic nitrogens is 2. The van der Waals surface area contributed by atoms with Crippen LogP contribution < -0.4 is 10.1 Å². The lowest BCUT2D eigenvalue weighted by molar-refractivity contribution is -0.121. The normalized spacial score (nSPS) is 11.8. The molecule has 2 N–H and O–H groups in total. The van der Waals surface area contributed by atoms with Gasteiger partial charge in [-0.3, -0.25) is 14.8 Å². The third-order valence-corrected chi connectivity index (χ3v) is 5.49. The smallest absolute Gasteiger partial charge is 0.220 e. The predicted octanol–water partition coefficient (Wildman–Crippen LogP) is 4.22. The Morgan fingerprint density at radius 1 is 1.00 bits per heavy atom. The number of rotatable bonds is 8. The molecule has 0 saturated carbocycles. The number of methoxy groups -OCH3 is 1. The minimum absolute atomic E-state index is 0.0951. The van der Waals surface area contributed by atoms with Crippen LogP contribution in [0.3, 0.4) is 0 Å². The van der Waals surface area contributed by atoms with Gasteiger partial charge < -0.3 is 15.2 Å². The standard InChI is InChI=1S/C26H25N3O3/c1-32-21-10-7-18(8-11-21)23(17-24(30)28-16-13-20-6-2-3-14-27-20)22-12-9-19-5-4-15-29-25(19)26(22)31/h2-12,14-15,23,31H,13,16-17H2,1H3,(H,28,30). The van der Waals surface area contributed by atoms with Crippen molar-refractivity contribution in [1.29, 1.82) is 0 Å². The predicted molar refractivity (Wildman–Crippen MR) is 124 cm³/mol. The van der Waals surface area contributed by atoms with E-state index in [1.165, 1.54) is 0 Å². The fraction of sp³-hybridized carbons (Fsp3) is 0.192. The third-order valence-electron chi connectivity index (χ3n) is 5.49. The summed E-state index contributed by atoms with van der Waals surface area (Å²) in [5.41, 5.74) is 3.04. The zero-order valence-electron chi connectivity index (χ0n) is 17.9. The Labute approximate surface area is 186 Å². The van der Waals surface area contributed by atoms with Gasteiger partial charge in [-0.05, 0) is 35.9 Å². The van der Waals surface area contributed by atoms with Crippen molar-refractivity contribution in [1.82, 2.24) is 15.3 Å². The molecule has 0 aliphatic carbocycles. The van der Waals surface area contributed by atoms with Crippen LogP contribution in [0.1, 0.15) is 29.2 Å². The van der Waals surface area contributed by atoms with Gasteiger partial charge in [-0.1, -0.05) is 36.4 Å². The van der Waals surface area contributed by atoms with Gasteiger partial charge in [0.05, 0.1) is 7.11 Å². The number of carbonyl (C=O) groups is 1. The molecule has 2 aromatic heterocycles. The molecule has 4 aromatic rings. The van der Waals surface area contributed by atoms with Crippen LogP contribution >= 0.6 is 0 Å². The van der Waals surface area contributed by atoms with Gasteiger partial charge in [0.1, 0.15) is 17.0 Å². The summed E-state index contributed by atoms with van der Waals surface area (Å²) in [6.07, 6.45) is 4.25. The molecule has 162 valence electrons. The molecule has 1 amide bonds. The molecule has 0 fully saturated rings. The van der Waals surface area contributed by atoms with E-state index in [1.54, 1.807) is 19.5 Å². The summed E-state index contributed by atoms with van der Waals surface area (Å²) in [4.78, 5) is 21.4. The highest BCUT2D eigenvalue weighted by Gasteiger charge is 2.23. The van der Waals surface area contributed by atoms with E-state index in [2.05, 4.69) is 15.3 Å². The number of fused-ring (bicyclic) bond motifs is 1. The number of nitrogens with zero attached hydrogens (tertiary/aromatic N) is 2. The molecule has 0 bridgehead atoms. The Morgan fingerprint density at radius 3 is 2.56 bits per heavy atom. The second-order valence-electron chi connectivity index (χ2n) is 7.53. The lowest BCUT2D eigenvalue weighted by atomic mass is 9.87. The summed E-state index contributed by atoms with van der Waals surface area (Å²) in [5.74, 6) is 0.409. The molecular formula is C26H25N3O3. The van der Waals surface area contributed by atoms with E-state index >= 15 is 0 Å². The molecule has 4 rings (SSSR count). The lowest BCUT2D eigenvalue weighted by Crippen LogP contribution is -2.27. The second kappa shape index (κ2) is 9.92. The molecule has 1 atom stereocenters. The van der Waals surface area contributed by atoms with Crippen LogP contribution in [0.5, 0.6) is 11.5 Å². The SMILES string of the molecule is COc1ccc(C(CC(=O)NCCc2ccccn2)c2ccc3cccnc3c2O)cc1. The van der Waals surface area contributed by atoms with Crippen molar-refractivity contribution in [2.24, 2.45) is 0 Å². The van der Waals surface area contributed by atoms with Gasteiger partial charge in [-0.15, -0.1) is 0 Å². The molecule has 6 heteroatoms. The highest BCUT2D eigenvalue weighted by Crippen LogP contribution is 2.38. The zero-order chi connectivity index (χ0) is 22.3. The molecule has 2 aromatic carbocycles. The number of benzene rings is 2. The Hall–Kier alpha value is -3.93. The Morgan fingerprint density at radius 2 is 1.81 bits per heavy atom. The molecule has 1 unspecified atom stereocenters. The molecule has 0 spiro atoms. The van der Waals surface area contributed by atoms with Crippen molar-refractivity contribution >= 4 is 16.8 Å². The van der Waals surface area contributed by atoms with Crippen LogP contribution in [0.15, 0.2) is 79.1 Å².